The monoisotopic (exact) mass is 644 g/mol. The topological polar surface area (TPSA) is 167 Å². The van der Waals surface area contributed by atoms with Gasteiger partial charge in [0.15, 0.2) is 20.9 Å². The molecule has 45 heavy (non-hydrogen) atoms. The number of sulfone groups is 1. The first-order chi connectivity index (χ1) is 21.4. The summed E-state index contributed by atoms with van der Waals surface area (Å²) in [6.45, 7) is 0. The summed E-state index contributed by atoms with van der Waals surface area (Å²) in [5, 5.41) is 15.1. The lowest BCUT2D eigenvalue weighted by atomic mass is 10.0. The summed E-state index contributed by atoms with van der Waals surface area (Å²) in [4.78, 5) is 37.2. The second kappa shape index (κ2) is 14.5. The molecule has 12 heteroatoms. The number of carbonyl (C=O) groups excluding carboxylic acids is 2. The molecule has 4 aromatic rings. The van der Waals surface area contributed by atoms with Gasteiger partial charge in [0.2, 0.25) is 11.8 Å². The van der Waals surface area contributed by atoms with Crippen molar-refractivity contribution in [3.8, 4) is 0 Å². The highest BCUT2D eigenvalue weighted by Crippen LogP contribution is 2.21. The van der Waals surface area contributed by atoms with Crippen molar-refractivity contribution in [2.24, 2.45) is 0 Å². The van der Waals surface area contributed by atoms with Gasteiger partial charge in [-0.25, -0.2) is 17.4 Å². The Labute approximate surface area is 262 Å². The number of amides is 2. The van der Waals surface area contributed by atoms with E-state index in [1.54, 1.807) is 60.7 Å². The molecule has 0 spiro atoms. The Hall–Kier alpha value is -5.17. The number of anilines is 2. The molecule has 0 bridgehead atoms. The Morgan fingerprint density at radius 3 is 1.82 bits per heavy atom. The standard InChI is InChI=1S/C33H28N2O8S2/c1-45(42,43)28-15-6-23(7-16-28)10-19-32(37)35-30-17-8-25(21-29(30)33(38)39)20-24-2-11-26(12-3-24)34-31(36)18-9-22-4-13-27(14-5-22)44(40)41/h2-19,21H,20H2,1H3,(H,34,36)(H,35,37)(H,38,39)(H,40,41). The van der Waals surface area contributed by atoms with Crippen molar-refractivity contribution in [3.63, 3.8) is 0 Å². The van der Waals surface area contributed by atoms with Gasteiger partial charge in [-0.3, -0.25) is 9.59 Å². The van der Waals surface area contributed by atoms with Crippen LogP contribution in [0.15, 0.2) is 113 Å². The van der Waals surface area contributed by atoms with Crippen LogP contribution in [0, 0.1) is 0 Å². The van der Waals surface area contributed by atoms with E-state index in [0.29, 0.717) is 28.8 Å². The SMILES string of the molecule is CS(=O)(=O)c1ccc(C=CC(=O)Nc2ccc(Cc3ccc(NC(=O)C=Cc4ccc(S(=O)O)cc4)cc3)cc2C(=O)O)cc1. The maximum absolute atomic E-state index is 12.5. The maximum atomic E-state index is 12.5. The highest BCUT2D eigenvalue weighted by Gasteiger charge is 2.13. The van der Waals surface area contributed by atoms with Gasteiger partial charge in [-0.15, -0.1) is 0 Å². The number of hydrogen-bond acceptors (Lipinski definition) is 6. The predicted molar refractivity (Wildman–Crippen MR) is 173 cm³/mol. The fraction of sp³-hybridized carbons (Fsp3) is 0.0606. The molecule has 1 atom stereocenters. The van der Waals surface area contributed by atoms with Gasteiger partial charge in [0.25, 0.3) is 0 Å². The first-order valence-corrected chi connectivity index (χ1v) is 16.3. The van der Waals surface area contributed by atoms with Crippen molar-refractivity contribution in [3.05, 3.63) is 131 Å². The quantitative estimate of drug-likeness (QED) is 0.127. The molecule has 0 heterocycles. The fourth-order valence-corrected chi connectivity index (χ4v) is 5.15. The van der Waals surface area contributed by atoms with Crippen LogP contribution in [0.4, 0.5) is 11.4 Å². The number of benzene rings is 4. The second-order valence-electron chi connectivity index (χ2n) is 9.86. The van der Waals surface area contributed by atoms with Crippen LogP contribution in [0.5, 0.6) is 0 Å². The van der Waals surface area contributed by atoms with Crippen molar-refractivity contribution in [1.29, 1.82) is 0 Å². The average Bonchev–Trinajstić information content (AvgIpc) is 3.00. The summed E-state index contributed by atoms with van der Waals surface area (Å²) in [5.41, 5.74) is 3.45. The minimum Gasteiger partial charge on any atom is -0.478 e. The molecule has 0 aromatic heterocycles. The zero-order valence-corrected chi connectivity index (χ0v) is 25.5. The van der Waals surface area contributed by atoms with Crippen LogP contribution in [-0.2, 0) is 36.9 Å². The van der Waals surface area contributed by atoms with E-state index in [-0.39, 0.29) is 26.9 Å². The minimum atomic E-state index is -3.34. The summed E-state index contributed by atoms with van der Waals surface area (Å²) in [5.74, 6) is -2.12. The van der Waals surface area contributed by atoms with Crippen LogP contribution in [-0.4, -0.2) is 46.3 Å². The first-order valence-electron chi connectivity index (χ1n) is 13.3. The van der Waals surface area contributed by atoms with Gasteiger partial charge >= 0.3 is 5.97 Å². The van der Waals surface area contributed by atoms with Gasteiger partial charge in [-0.2, -0.15) is 0 Å². The number of aromatic carboxylic acids is 1. The normalized spacial score (nSPS) is 12.2. The fourth-order valence-electron chi connectivity index (χ4n) is 4.15. The summed E-state index contributed by atoms with van der Waals surface area (Å²) in [6.07, 6.45) is 7.15. The molecule has 0 saturated heterocycles. The van der Waals surface area contributed by atoms with Crippen LogP contribution in [0.25, 0.3) is 12.2 Å². The molecule has 2 amide bonds. The van der Waals surface area contributed by atoms with Gasteiger partial charge in [-0.05, 0) is 89.4 Å². The molecule has 0 aliphatic heterocycles. The number of carboxylic acid groups (broad SMARTS) is 1. The lowest BCUT2D eigenvalue weighted by Crippen LogP contribution is -2.12. The summed E-state index contributed by atoms with van der Waals surface area (Å²) < 4.78 is 43.3. The summed E-state index contributed by atoms with van der Waals surface area (Å²) >= 11 is -2.07. The third-order valence-electron chi connectivity index (χ3n) is 6.45. The Morgan fingerprint density at radius 2 is 1.29 bits per heavy atom. The Bertz CT molecular complexity index is 1920. The number of carbonyl (C=O) groups is 3. The molecule has 230 valence electrons. The molecule has 1 unspecified atom stereocenters. The molecule has 4 aromatic carbocycles. The molecule has 0 fully saturated rings. The van der Waals surface area contributed by atoms with Gasteiger partial charge in [0.1, 0.15) is 0 Å². The van der Waals surface area contributed by atoms with Gasteiger partial charge < -0.3 is 20.3 Å². The van der Waals surface area contributed by atoms with E-state index in [1.165, 1.54) is 54.6 Å². The third-order valence-corrected chi connectivity index (χ3v) is 8.25. The van der Waals surface area contributed by atoms with Gasteiger partial charge in [0.05, 0.1) is 21.0 Å². The van der Waals surface area contributed by atoms with Crippen molar-refractivity contribution >= 4 is 62.2 Å². The molecule has 0 aliphatic carbocycles. The van der Waals surface area contributed by atoms with Crippen molar-refractivity contribution in [2.45, 2.75) is 16.2 Å². The molecular formula is C33H28N2O8S2. The van der Waals surface area contributed by atoms with E-state index in [9.17, 15) is 32.1 Å². The van der Waals surface area contributed by atoms with Crippen LogP contribution >= 0.6 is 0 Å². The van der Waals surface area contributed by atoms with E-state index in [1.807, 2.05) is 0 Å². The highest BCUT2D eigenvalue weighted by atomic mass is 32.2. The van der Waals surface area contributed by atoms with Crippen LogP contribution in [0.2, 0.25) is 0 Å². The lowest BCUT2D eigenvalue weighted by Gasteiger charge is -2.10. The van der Waals surface area contributed by atoms with E-state index in [0.717, 1.165) is 11.8 Å². The highest BCUT2D eigenvalue weighted by molar-refractivity contribution is 7.90. The number of hydrogen-bond donors (Lipinski definition) is 4. The molecular weight excluding hydrogens is 617 g/mol. The molecule has 0 radical (unpaired) electrons. The smallest absolute Gasteiger partial charge is 0.337 e. The molecule has 0 aliphatic rings. The molecule has 4 rings (SSSR count). The number of carboxylic acids is 1. The summed E-state index contributed by atoms with van der Waals surface area (Å²) in [6, 6.07) is 24.0. The summed E-state index contributed by atoms with van der Waals surface area (Å²) in [7, 11) is -3.34. The first kappa shape index (κ1) is 32.7. The number of rotatable bonds is 11. The van der Waals surface area contributed by atoms with Crippen molar-refractivity contribution < 1.29 is 36.7 Å². The minimum absolute atomic E-state index is 0.0818. The van der Waals surface area contributed by atoms with Gasteiger partial charge in [0, 0.05) is 24.1 Å². The largest absolute Gasteiger partial charge is 0.478 e. The number of nitrogens with one attached hydrogen (secondary N) is 2. The Kier molecular flexibility index (Phi) is 10.6. The molecule has 4 N–H and O–H groups in total. The van der Waals surface area contributed by atoms with E-state index in [4.69, 9.17) is 4.55 Å². The second-order valence-corrected chi connectivity index (χ2v) is 12.8. The van der Waals surface area contributed by atoms with Gasteiger partial charge in [-0.1, -0.05) is 42.5 Å². The van der Waals surface area contributed by atoms with Crippen molar-refractivity contribution in [2.75, 3.05) is 16.9 Å². The molecule has 0 saturated carbocycles. The van der Waals surface area contributed by atoms with E-state index in [2.05, 4.69) is 10.6 Å². The lowest BCUT2D eigenvalue weighted by molar-refractivity contribution is -0.112. The van der Waals surface area contributed by atoms with E-state index >= 15 is 0 Å². The Morgan fingerprint density at radius 1 is 0.756 bits per heavy atom. The average molecular weight is 645 g/mol. The third kappa shape index (κ3) is 9.66. The maximum Gasteiger partial charge on any atom is 0.337 e. The van der Waals surface area contributed by atoms with Crippen LogP contribution < -0.4 is 10.6 Å². The predicted octanol–water partition coefficient (Wildman–Crippen LogP) is 5.26. The zero-order valence-electron chi connectivity index (χ0n) is 23.8. The van der Waals surface area contributed by atoms with E-state index < -0.39 is 32.8 Å². The zero-order chi connectivity index (χ0) is 32.6. The van der Waals surface area contributed by atoms with Crippen LogP contribution in [0.1, 0.15) is 32.6 Å². The Balaban J connectivity index is 1.35. The molecule has 10 nitrogen and oxygen atoms in total. The van der Waals surface area contributed by atoms with Crippen molar-refractivity contribution in [1.82, 2.24) is 0 Å². The van der Waals surface area contributed by atoms with Crippen LogP contribution in [0.3, 0.4) is 0 Å².